The van der Waals surface area contributed by atoms with Crippen molar-refractivity contribution in [3.63, 3.8) is 0 Å². The summed E-state index contributed by atoms with van der Waals surface area (Å²) in [5.74, 6) is 0.633. The van der Waals surface area contributed by atoms with E-state index in [4.69, 9.17) is 9.47 Å². The maximum atomic E-state index is 12.9. The van der Waals surface area contributed by atoms with Crippen molar-refractivity contribution >= 4 is 10.8 Å². The molecule has 2 nitrogen and oxygen atoms in total. The average Bonchev–Trinajstić information content (AvgIpc) is 2.36. The second kappa shape index (κ2) is 4.57. The Morgan fingerprint density at radius 2 is 1.65 bits per heavy atom. The van der Waals surface area contributed by atoms with E-state index in [-0.39, 0.29) is 11.3 Å². The van der Waals surface area contributed by atoms with Gasteiger partial charge in [0.2, 0.25) is 0 Å². The summed E-state index contributed by atoms with van der Waals surface area (Å²) in [6, 6.07) is 8.48. The third-order valence-corrected chi connectivity index (χ3v) is 2.65. The molecule has 0 aliphatic carbocycles. The summed E-state index contributed by atoms with van der Waals surface area (Å²) in [6.45, 7) is 0. The van der Waals surface area contributed by atoms with Crippen molar-refractivity contribution in [2.75, 3.05) is 14.2 Å². The van der Waals surface area contributed by atoms with Crippen molar-refractivity contribution in [3.05, 3.63) is 35.9 Å². The van der Waals surface area contributed by atoms with E-state index in [1.54, 1.807) is 12.1 Å². The maximum absolute atomic E-state index is 12.9. The van der Waals surface area contributed by atoms with E-state index in [2.05, 4.69) is 0 Å². The molecule has 0 atom stereocenters. The van der Waals surface area contributed by atoms with Gasteiger partial charge >= 0.3 is 0 Å². The average molecular weight is 238 g/mol. The highest BCUT2D eigenvalue weighted by Crippen LogP contribution is 2.40. The largest absolute Gasteiger partial charge is 0.496 e. The number of methoxy groups -OCH3 is 2. The third kappa shape index (κ3) is 1.90. The minimum atomic E-state index is -2.59. The number of benzene rings is 2. The maximum Gasteiger partial charge on any atom is 0.267 e. The van der Waals surface area contributed by atoms with Crippen LogP contribution in [0.3, 0.4) is 0 Å². The van der Waals surface area contributed by atoms with Gasteiger partial charge < -0.3 is 9.47 Å². The first-order valence-corrected chi connectivity index (χ1v) is 5.10. The van der Waals surface area contributed by atoms with Gasteiger partial charge in [0, 0.05) is 10.8 Å². The van der Waals surface area contributed by atoms with Crippen LogP contribution in [0.1, 0.15) is 12.0 Å². The van der Waals surface area contributed by atoms with E-state index in [0.29, 0.717) is 11.1 Å². The molecule has 0 saturated heterocycles. The summed E-state index contributed by atoms with van der Waals surface area (Å²) in [5, 5.41) is 1.39. The monoisotopic (exact) mass is 238 g/mol. The van der Waals surface area contributed by atoms with Gasteiger partial charge in [0.1, 0.15) is 11.5 Å². The van der Waals surface area contributed by atoms with E-state index < -0.39 is 6.43 Å². The molecule has 0 aliphatic heterocycles. The molecule has 2 aromatic rings. The predicted octanol–water partition coefficient (Wildman–Crippen LogP) is 3.79. The molecular formula is C13H12F2O2. The smallest absolute Gasteiger partial charge is 0.267 e. The van der Waals surface area contributed by atoms with Crippen LogP contribution in [-0.2, 0) is 0 Å². The van der Waals surface area contributed by atoms with Gasteiger partial charge in [-0.1, -0.05) is 24.3 Å². The van der Waals surface area contributed by atoms with Crippen LogP contribution < -0.4 is 9.47 Å². The molecule has 0 aromatic heterocycles. The van der Waals surface area contributed by atoms with Crippen LogP contribution in [0, 0.1) is 0 Å². The minimum Gasteiger partial charge on any atom is -0.496 e. The molecule has 0 spiro atoms. The number of halogens is 2. The number of alkyl halides is 2. The summed E-state index contributed by atoms with van der Waals surface area (Å²) in [7, 11) is 2.85. The van der Waals surface area contributed by atoms with Crippen LogP contribution in [0.25, 0.3) is 10.8 Å². The first-order valence-electron chi connectivity index (χ1n) is 5.10. The molecule has 0 fully saturated rings. The second-order valence-corrected chi connectivity index (χ2v) is 3.55. The van der Waals surface area contributed by atoms with Gasteiger partial charge in [-0.3, -0.25) is 0 Å². The predicted molar refractivity (Wildman–Crippen MR) is 62.0 cm³/mol. The molecule has 0 heterocycles. The Bertz CT molecular complexity index is 538. The van der Waals surface area contributed by atoms with Gasteiger partial charge in [-0.2, -0.15) is 0 Å². The second-order valence-electron chi connectivity index (χ2n) is 3.55. The summed E-state index contributed by atoms with van der Waals surface area (Å²) >= 11 is 0. The molecular weight excluding hydrogens is 226 g/mol. The lowest BCUT2D eigenvalue weighted by Crippen LogP contribution is -1.96. The number of fused-ring (bicyclic) bond motifs is 1. The molecule has 4 heteroatoms. The van der Waals surface area contributed by atoms with Crippen LogP contribution >= 0.6 is 0 Å². The molecule has 90 valence electrons. The Balaban J connectivity index is 2.84. The summed E-state index contributed by atoms with van der Waals surface area (Å²) in [5.41, 5.74) is -0.150. The highest BCUT2D eigenvalue weighted by atomic mass is 19.3. The Labute approximate surface area is 97.8 Å². The first kappa shape index (κ1) is 11.6. The van der Waals surface area contributed by atoms with Gasteiger partial charge in [-0.25, -0.2) is 8.78 Å². The molecule has 2 rings (SSSR count). The van der Waals surface area contributed by atoms with Crippen molar-refractivity contribution in [1.82, 2.24) is 0 Å². The van der Waals surface area contributed by atoms with Crippen molar-refractivity contribution in [3.8, 4) is 11.5 Å². The zero-order chi connectivity index (χ0) is 12.4. The van der Waals surface area contributed by atoms with Crippen molar-refractivity contribution in [2.24, 2.45) is 0 Å². The number of hydrogen-bond acceptors (Lipinski definition) is 2. The Morgan fingerprint density at radius 3 is 2.18 bits per heavy atom. The molecule has 0 bridgehead atoms. The lowest BCUT2D eigenvalue weighted by molar-refractivity contribution is 0.147. The van der Waals surface area contributed by atoms with Crippen LogP contribution in [0.4, 0.5) is 8.78 Å². The van der Waals surface area contributed by atoms with E-state index in [9.17, 15) is 8.78 Å². The fourth-order valence-corrected chi connectivity index (χ4v) is 1.89. The molecule has 0 N–H and O–H groups in total. The highest BCUT2D eigenvalue weighted by Gasteiger charge is 2.19. The van der Waals surface area contributed by atoms with Crippen LogP contribution in [-0.4, -0.2) is 14.2 Å². The topological polar surface area (TPSA) is 18.5 Å². The minimum absolute atomic E-state index is 0.150. The van der Waals surface area contributed by atoms with Gasteiger partial charge in [-0.15, -0.1) is 0 Å². The molecule has 0 amide bonds. The van der Waals surface area contributed by atoms with Crippen molar-refractivity contribution in [1.29, 1.82) is 0 Å². The third-order valence-electron chi connectivity index (χ3n) is 2.65. The number of ether oxygens (including phenoxy) is 2. The fraction of sp³-hybridized carbons (Fsp3) is 0.231. The van der Waals surface area contributed by atoms with E-state index >= 15 is 0 Å². The highest BCUT2D eigenvalue weighted by molar-refractivity contribution is 5.94. The number of rotatable bonds is 3. The molecule has 0 unspecified atom stereocenters. The summed E-state index contributed by atoms with van der Waals surface area (Å²) in [4.78, 5) is 0. The summed E-state index contributed by atoms with van der Waals surface area (Å²) in [6.07, 6.45) is -2.59. The first-order chi connectivity index (χ1) is 8.19. The zero-order valence-corrected chi connectivity index (χ0v) is 9.54. The zero-order valence-electron chi connectivity index (χ0n) is 9.54. The van der Waals surface area contributed by atoms with Gasteiger partial charge in [0.25, 0.3) is 6.43 Å². The van der Waals surface area contributed by atoms with Crippen LogP contribution in [0.5, 0.6) is 11.5 Å². The molecule has 17 heavy (non-hydrogen) atoms. The SMILES string of the molecule is COc1cc(C(F)F)c(OC)c2ccccc12. The lowest BCUT2D eigenvalue weighted by atomic mass is 10.0. The van der Waals surface area contributed by atoms with Gasteiger partial charge in [-0.05, 0) is 6.07 Å². The number of hydrogen-bond donors (Lipinski definition) is 0. The lowest BCUT2D eigenvalue weighted by Gasteiger charge is -2.14. The van der Waals surface area contributed by atoms with E-state index in [0.717, 1.165) is 5.39 Å². The van der Waals surface area contributed by atoms with Crippen LogP contribution in [0.2, 0.25) is 0 Å². The molecule has 0 saturated carbocycles. The van der Waals surface area contributed by atoms with E-state index in [1.165, 1.54) is 20.3 Å². The Morgan fingerprint density at radius 1 is 1.00 bits per heavy atom. The van der Waals surface area contributed by atoms with Crippen molar-refractivity contribution < 1.29 is 18.3 Å². The standard InChI is InChI=1S/C13H12F2O2/c1-16-11-7-10(13(14)15)12(17-2)9-6-4-3-5-8(9)11/h3-7,13H,1-2H3. The fourth-order valence-electron chi connectivity index (χ4n) is 1.89. The quantitative estimate of drug-likeness (QED) is 0.809. The summed E-state index contributed by atoms with van der Waals surface area (Å²) < 4.78 is 36.1. The van der Waals surface area contributed by atoms with Crippen LogP contribution in [0.15, 0.2) is 30.3 Å². The molecule has 2 aromatic carbocycles. The van der Waals surface area contributed by atoms with Crippen molar-refractivity contribution in [2.45, 2.75) is 6.43 Å². The van der Waals surface area contributed by atoms with E-state index in [1.807, 2.05) is 12.1 Å². The normalized spacial score (nSPS) is 10.9. The Kier molecular flexibility index (Phi) is 3.13. The molecule has 0 aliphatic rings. The van der Waals surface area contributed by atoms with Gasteiger partial charge in [0.15, 0.2) is 0 Å². The Hall–Kier alpha value is -1.84. The van der Waals surface area contributed by atoms with Gasteiger partial charge in [0.05, 0.1) is 19.8 Å². The molecule has 0 radical (unpaired) electrons.